The summed E-state index contributed by atoms with van der Waals surface area (Å²) < 4.78 is 5.09. The average molecular weight is 382 g/mol. The van der Waals surface area contributed by atoms with Crippen molar-refractivity contribution >= 4 is 40.6 Å². The number of carbonyl (C=O) groups is 2. The van der Waals surface area contributed by atoms with Gasteiger partial charge >= 0.3 is 5.97 Å². The second kappa shape index (κ2) is 8.55. The number of hydrogen-bond donors (Lipinski definition) is 2. The zero-order valence-electron chi connectivity index (χ0n) is 14.6. The number of ether oxygens (including phenoxy) is 1. The van der Waals surface area contributed by atoms with E-state index in [0.29, 0.717) is 15.8 Å². The third-order valence-corrected chi connectivity index (χ3v) is 4.70. The van der Waals surface area contributed by atoms with Gasteiger partial charge in [0.1, 0.15) is 5.75 Å². The van der Waals surface area contributed by atoms with Gasteiger partial charge in [-0.25, -0.2) is 9.79 Å². The molecule has 1 saturated heterocycles. The molecule has 27 heavy (non-hydrogen) atoms. The highest BCUT2D eigenvalue weighted by Crippen LogP contribution is 2.29. The number of amidine groups is 1. The highest BCUT2D eigenvalue weighted by atomic mass is 32.2. The van der Waals surface area contributed by atoms with Crippen LogP contribution in [-0.2, 0) is 16.0 Å². The fraction of sp³-hybridized carbons (Fsp3) is 0.150. The molecule has 2 aromatic carbocycles. The van der Waals surface area contributed by atoms with E-state index in [9.17, 15) is 9.59 Å². The Balaban J connectivity index is 1.73. The molecule has 0 aromatic heterocycles. The van der Waals surface area contributed by atoms with E-state index in [0.717, 1.165) is 23.2 Å². The third-order valence-electron chi connectivity index (χ3n) is 3.79. The highest BCUT2D eigenvalue weighted by molar-refractivity contribution is 8.18. The lowest BCUT2D eigenvalue weighted by molar-refractivity contribution is -0.139. The van der Waals surface area contributed by atoms with Crippen LogP contribution in [0.5, 0.6) is 5.75 Å². The number of para-hydroxylation sites is 1. The predicted octanol–water partition coefficient (Wildman–Crippen LogP) is 3.60. The first-order valence-electron chi connectivity index (χ1n) is 8.37. The van der Waals surface area contributed by atoms with Gasteiger partial charge in [0.05, 0.1) is 10.6 Å². The topological polar surface area (TPSA) is 88.0 Å². The SMILES string of the molecule is CCc1ccccc1N=C1NC(=O)/C(=C\c2ccc(OCC(=O)O)cc2)S1. The molecule has 0 saturated carbocycles. The fourth-order valence-electron chi connectivity index (χ4n) is 2.47. The summed E-state index contributed by atoms with van der Waals surface area (Å²) in [7, 11) is 0. The summed E-state index contributed by atoms with van der Waals surface area (Å²) in [5.74, 6) is -0.767. The van der Waals surface area contributed by atoms with E-state index in [4.69, 9.17) is 9.84 Å². The summed E-state index contributed by atoms with van der Waals surface area (Å²) in [5, 5.41) is 12.0. The Hall–Kier alpha value is -3.06. The van der Waals surface area contributed by atoms with E-state index in [1.807, 2.05) is 24.3 Å². The number of hydrogen-bond acceptors (Lipinski definition) is 5. The molecule has 0 bridgehead atoms. The lowest BCUT2D eigenvalue weighted by Gasteiger charge is -2.03. The Kier molecular flexibility index (Phi) is 5.93. The van der Waals surface area contributed by atoms with Crippen molar-refractivity contribution in [2.75, 3.05) is 6.61 Å². The lowest BCUT2D eigenvalue weighted by atomic mass is 10.1. The minimum Gasteiger partial charge on any atom is -0.482 e. The number of aryl methyl sites for hydroxylation is 1. The lowest BCUT2D eigenvalue weighted by Crippen LogP contribution is -2.19. The van der Waals surface area contributed by atoms with Gasteiger partial charge in [0, 0.05) is 0 Å². The average Bonchev–Trinajstić information content (AvgIpc) is 3.00. The number of nitrogens with zero attached hydrogens (tertiary/aromatic N) is 1. The molecule has 0 unspecified atom stereocenters. The number of aliphatic imine (C=N–C) groups is 1. The van der Waals surface area contributed by atoms with E-state index in [2.05, 4.69) is 17.2 Å². The van der Waals surface area contributed by atoms with Crippen LogP contribution in [0.15, 0.2) is 58.4 Å². The van der Waals surface area contributed by atoms with Gasteiger partial charge in [-0.3, -0.25) is 4.79 Å². The van der Waals surface area contributed by atoms with Crippen molar-refractivity contribution in [3.8, 4) is 5.75 Å². The summed E-state index contributed by atoms with van der Waals surface area (Å²) in [4.78, 5) is 27.8. The first-order valence-corrected chi connectivity index (χ1v) is 9.19. The Morgan fingerprint density at radius 3 is 2.67 bits per heavy atom. The molecular formula is C20H18N2O4S. The summed E-state index contributed by atoms with van der Waals surface area (Å²) in [6.07, 6.45) is 2.62. The summed E-state index contributed by atoms with van der Waals surface area (Å²) in [5.41, 5.74) is 2.78. The molecule has 2 aromatic rings. The van der Waals surface area contributed by atoms with Crippen molar-refractivity contribution in [2.24, 2.45) is 4.99 Å². The van der Waals surface area contributed by atoms with Crippen molar-refractivity contribution in [1.82, 2.24) is 5.32 Å². The molecular weight excluding hydrogens is 364 g/mol. The van der Waals surface area contributed by atoms with Gasteiger partial charge < -0.3 is 15.2 Å². The quantitative estimate of drug-likeness (QED) is 0.745. The number of aliphatic carboxylic acids is 1. The molecule has 0 atom stereocenters. The van der Waals surface area contributed by atoms with Crippen LogP contribution in [0.3, 0.4) is 0 Å². The van der Waals surface area contributed by atoms with E-state index in [1.54, 1.807) is 30.3 Å². The van der Waals surface area contributed by atoms with Crippen LogP contribution in [-0.4, -0.2) is 28.8 Å². The zero-order chi connectivity index (χ0) is 19.2. The van der Waals surface area contributed by atoms with E-state index >= 15 is 0 Å². The van der Waals surface area contributed by atoms with Crippen molar-refractivity contribution in [3.05, 3.63) is 64.6 Å². The highest BCUT2D eigenvalue weighted by Gasteiger charge is 2.24. The number of thioether (sulfide) groups is 1. The maximum atomic E-state index is 12.2. The van der Waals surface area contributed by atoms with Gasteiger partial charge in [-0.05, 0) is 53.6 Å². The number of carbonyl (C=O) groups excluding carboxylic acids is 1. The van der Waals surface area contributed by atoms with Crippen LogP contribution >= 0.6 is 11.8 Å². The third kappa shape index (κ3) is 4.98. The van der Waals surface area contributed by atoms with Crippen LogP contribution in [0.4, 0.5) is 5.69 Å². The van der Waals surface area contributed by atoms with Crippen molar-refractivity contribution in [1.29, 1.82) is 0 Å². The van der Waals surface area contributed by atoms with E-state index in [-0.39, 0.29) is 5.91 Å². The van der Waals surface area contributed by atoms with Crippen molar-refractivity contribution in [2.45, 2.75) is 13.3 Å². The van der Waals surface area contributed by atoms with Gasteiger partial charge in [0.2, 0.25) is 0 Å². The maximum Gasteiger partial charge on any atom is 0.341 e. The second-order valence-corrected chi connectivity index (χ2v) is 6.75. The van der Waals surface area contributed by atoms with Crippen LogP contribution in [0.25, 0.3) is 6.08 Å². The molecule has 3 rings (SSSR count). The molecule has 2 N–H and O–H groups in total. The normalized spacial score (nSPS) is 16.6. The van der Waals surface area contributed by atoms with Crippen LogP contribution < -0.4 is 10.1 Å². The zero-order valence-corrected chi connectivity index (χ0v) is 15.5. The second-order valence-electron chi connectivity index (χ2n) is 5.72. The Bertz CT molecular complexity index is 920. The molecule has 1 aliphatic heterocycles. The number of carboxylic acid groups (broad SMARTS) is 1. The summed E-state index contributed by atoms with van der Waals surface area (Å²) in [6.45, 7) is 1.67. The molecule has 1 fully saturated rings. The smallest absolute Gasteiger partial charge is 0.341 e. The van der Waals surface area contributed by atoms with Crippen LogP contribution in [0, 0.1) is 0 Å². The number of benzene rings is 2. The molecule has 7 heteroatoms. The molecule has 6 nitrogen and oxygen atoms in total. The monoisotopic (exact) mass is 382 g/mol. The Labute approximate surface area is 161 Å². The number of carboxylic acids is 1. The number of nitrogens with one attached hydrogen (secondary N) is 1. The Morgan fingerprint density at radius 2 is 1.96 bits per heavy atom. The first kappa shape index (κ1) is 18.7. The van der Waals surface area contributed by atoms with Crippen LogP contribution in [0.1, 0.15) is 18.1 Å². The van der Waals surface area contributed by atoms with Gasteiger partial charge in [-0.2, -0.15) is 0 Å². The minimum absolute atomic E-state index is 0.195. The number of rotatable bonds is 6. The molecule has 0 aliphatic carbocycles. The van der Waals surface area contributed by atoms with E-state index in [1.165, 1.54) is 11.8 Å². The van der Waals surface area contributed by atoms with Gasteiger partial charge in [0.25, 0.3) is 5.91 Å². The Morgan fingerprint density at radius 1 is 1.22 bits per heavy atom. The maximum absolute atomic E-state index is 12.2. The largest absolute Gasteiger partial charge is 0.482 e. The van der Waals surface area contributed by atoms with Crippen LogP contribution in [0.2, 0.25) is 0 Å². The number of amides is 1. The van der Waals surface area contributed by atoms with Crippen molar-refractivity contribution in [3.63, 3.8) is 0 Å². The predicted molar refractivity (Wildman–Crippen MR) is 106 cm³/mol. The van der Waals surface area contributed by atoms with E-state index < -0.39 is 12.6 Å². The van der Waals surface area contributed by atoms with Gasteiger partial charge in [0.15, 0.2) is 11.8 Å². The standard InChI is InChI=1S/C20H18N2O4S/c1-2-14-5-3-4-6-16(14)21-20-22-19(25)17(27-20)11-13-7-9-15(10-8-13)26-12-18(23)24/h3-11H,2,12H2,1H3,(H,23,24)(H,21,22,25)/b17-11+. The molecule has 138 valence electrons. The summed E-state index contributed by atoms with van der Waals surface area (Å²) in [6, 6.07) is 14.7. The molecule has 1 amide bonds. The van der Waals surface area contributed by atoms with Gasteiger partial charge in [-0.15, -0.1) is 0 Å². The molecule has 1 heterocycles. The molecule has 0 radical (unpaired) electrons. The van der Waals surface area contributed by atoms with Gasteiger partial charge in [-0.1, -0.05) is 37.3 Å². The molecule has 0 spiro atoms. The minimum atomic E-state index is -1.03. The fourth-order valence-corrected chi connectivity index (χ4v) is 3.30. The van der Waals surface area contributed by atoms with Crippen molar-refractivity contribution < 1.29 is 19.4 Å². The first-order chi connectivity index (χ1) is 13.0. The molecule has 1 aliphatic rings. The summed E-state index contributed by atoms with van der Waals surface area (Å²) >= 11 is 1.29.